The lowest BCUT2D eigenvalue weighted by atomic mass is 10.1. The highest BCUT2D eigenvalue weighted by molar-refractivity contribution is 5.86. The number of hydrogen-bond acceptors (Lipinski definition) is 4. The first-order chi connectivity index (χ1) is 9.08. The minimum atomic E-state index is -0.294. The Morgan fingerprint density at radius 2 is 2.32 bits per heavy atom. The van der Waals surface area contributed by atoms with Crippen LogP contribution < -0.4 is 16.0 Å². The van der Waals surface area contributed by atoms with E-state index in [1.165, 1.54) is 0 Å². The molecule has 1 aromatic rings. The zero-order valence-corrected chi connectivity index (χ0v) is 11.4. The summed E-state index contributed by atoms with van der Waals surface area (Å²) in [4.78, 5) is 14.3. The van der Waals surface area contributed by atoms with Gasteiger partial charge < -0.3 is 20.7 Å². The molecule has 1 aromatic carbocycles. The van der Waals surface area contributed by atoms with E-state index in [1.54, 1.807) is 0 Å². The van der Waals surface area contributed by atoms with Crippen LogP contribution >= 0.6 is 0 Å². The SMILES string of the molecule is CC(C)NC(=O)C1COCCN1c1cccc(N)c1. The number of nitrogens with zero attached hydrogens (tertiary/aromatic N) is 1. The smallest absolute Gasteiger partial charge is 0.245 e. The molecule has 1 saturated heterocycles. The maximum absolute atomic E-state index is 12.2. The molecular weight excluding hydrogens is 242 g/mol. The number of nitrogens with two attached hydrogens (primary N) is 1. The Hall–Kier alpha value is -1.75. The number of nitrogen functional groups attached to an aromatic ring is 1. The third-order valence-corrected chi connectivity index (χ3v) is 3.06. The van der Waals surface area contributed by atoms with Gasteiger partial charge in [-0.15, -0.1) is 0 Å². The maximum atomic E-state index is 12.2. The van der Waals surface area contributed by atoms with Gasteiger partial charge in [0.2, 0.25) is 5.91 Å². The van der Waals surface area contributed by atoms with E-state index < -0.39 is 0 Å². The molecule has 2 rings (SSSR count). The molecular formula is C14H21N3O2. The topological polar surface area (TPSA) is 67.6 Å². The molecule has 1 heterocycles. The fourth-order valence-corrected chi connectivity index (χ4v) is 2.21. The minimum absolute atomic E-state index is 0.00266. The highest BCUT2D eigenvalue weighted by atomic mass is 16.5. The van der Waals surface area contributed by atoms with Gasteiger partial charge in [-0.2, -0.15) is 0 Å². The Balaban J connectivity index is 2.18. The van der Waals surface area contributed by atoms with Crippen molar-refractivity contribution in [2.75, 3.05) is 30.4 Å². The number of hydrogen-bond donors (Lipinski definition) is 2. The molecule has 0 saturated carbocycles. The zero-order chi connectivity index (χ0) is 13.8. The van der Waals surface area contributed by atoms with E-state index in [-0.39, 0.29) is 18.0 Å². The Kier molecular flexibility index (Phi) is 4.27. The van der Waals surface area contributed by atoms with E-state index >= 15 is 0 Å². The van der Waals surface area contributed by atoms with Gasteiger partial charge in [-0.3, -0.25) is 4.79 Å². The molecule has 104 valence electrons. The van der Waals surface area contributed by atoms with Crippen LogP contribution in [0.4, 0.5) is 11.4 Å². The van der Waals surface area contributed by atoms with Crippen molar-refractivity contribution in [3.63, 3.8) is 0 Å². The lowest BCUT2D eigenvalue weighted by molar-refractivity contribution is -0.125. The summed E-state index contributed by atoms with van der Waals surface area (Å²) in [5.41, 5.74) is 7.48. The second-order valence-electron chi connectivity index (χ2n) is 5.04. The highest BCUT2D eigenvalue weighted by Crippen LogP contribution is 2.22. The molecule has 0 aromatic heterocycles. The van der Waals surface area contributed by atoms with E-state index in [0.717, 1.165) is 5.69 Å². The van der Waals surface area contributed by atoms with Crippen molar-refractivity contribution in [1.82, 2.24) is 5.32 Å². The summed E-state index contributed by atoms with van der Waals surface area (Å²) < 4.78 is 5.43. The van der Waals surface area contributed by atoms with E-state index in [9.17, 15) is 4.79 Å². The zero-order valence-electron chi connectivity index (χ0n) is 11.4. The molecule has 5 nitrogen and oxygen atoms in total. The molecule has 1 atom stereocenters. The second-order valence-corrected chi connectivity index (χ2v) is 5.04. The Morgan fingerprint density at radius 1 is 1.53 bits per heavy atom. The van der Waals surface area contributed by atoms with E-state index in [1.807, 2.05) is 38.1 Å². The molecule has 1 aliphatic rings. The van der Waals surface area contributed by atoms with Crippen LogP contribution in [0.1, 0.15) is 13.8 Å². The fraction of sp³-hybridized carbons (Fsp3) is 0.500. The van der Waals surface area contributed by atoms with Crippen molar-refractivity contribution < 1.29 is 9.53 Å². The van der Waals surface area contributed by atoms with Crippen molar-refractivity contribution in [2.24, 2.45) is 0 Å². The Bertz CT molecular complexity index is 448. The number of nitrogens with one attached hydrogen (secondary N) is 1. The van der Waals surface area contributed by atoms with Crippen molar-refractivity contribution in [3.05, 3.63) is 24.3 Å². The van der Waals surface area contributed by atoms with Crippen molar-refractivity contribution in [2.45, 2.75) is 25.9 Å². The first kappa shape index (κ1) is 13.7. The summed E-state index contributed by atoms with van der Waals surface area (Å²) in [5.74, 6) is -0.00266. The highest BCUT2D eigenvalue weighted by Gasteiger charge is 2.29. The summed E-state index contributed by atoms with van der Waals surface area (Å²) >= 11 is 0. The molecule has 5 heteroatoms. The summed E-state index contributed by atoms with van der Waals surface area (Å²) in [6.45, 7) is 5.63. The molecule has 1 unspecified atom stereocenters. The summed E-state index contributed by atoms with van der Waals surface area (Å²) in [6.07, 6.45) is 0. The largest absolute Gasteiger partial charge is 0.399 e. The van der Waals surface area contributed by atoms with Crippen LogP contribution in [0.3, 0.4) is 0 Å². The quantitative estimate of drug-likeness (QED) is 0.798. The van der Waals surface area contributed by atoms with Crippen LogP contribution in [0.15, 0.2) is 24.3 Å². The van der Waals surface area contributed by atoms with Gasteiger partial charge in [-0.1, -0.05) is 6.07 Å². The number of anilines is 2. The second kappa shape index (κ2) is 5.93. The number of ether oxygens (including phenoxy) is 1. The molecule has 0 spiro atoms. The molecule has 19 heavy (non-hydrogen) atoms. The minimum Gasteiger partial charge on any atom is -0.399 e. The summed E-state index contributed by atoms with van der Waals surface area (Å²) in [5, 5.41) is 2.93. The molecule has 0 radical (unpaired) electrons. The van der Waals surface area contributed by atoms with Gasteiger partial charge in [0.15, 0.2) is 0 Å². The first-order valence-corrected chi connectivity index (χ1v) is 6.58. The van der Waals surface area contributed by atoms with Crippen LogP contribution in [-0.2, 0) is 9.53 Å². The van der Waals surface area contributed by atoms with Crippen LogP contribution in [0, 0.1) is 0 Å². The van der Waals surface area contributed by atoms with E-state index in [4.69, 9.17) is 10.5 Å². The van der Waals surface area contributed by atoms with Gasteiger partial charge in [-0.25, -0.2) is 0 Å². The fourth-order valence-electron chi connectivity index (χ4n) is 2.21. The number of rotatable bonds is 3. The van der Waals surface area contributed by atoms with Gasteiger partial charge in [0, 0.05) is 24.0 Å². The average molecular weight is 263 g/mol. The normalized spacial score (nSPS) is 19.5. The van der Waals surface area contributed by atoms with E-state index in [2.05, 4.69) is 10.2 Å². The molecule has 0 bridgehead atoms. The average Bonchev–Trinajstić information content (AvgIpc) is 2.38. The molecule has 0 aliphatic carbocycles. The van der Waals surface area contributed by atoms with Crippen LogP contribution in [0.2, 0.25) is 0 Å². The van der Waals surface area contributed by atoms with Gasteiger partial charge in [0.1, 0.15) is 6.04 Å². The van der Waals surface area contributed by atoms with Gasteiger partial charge in [-0.05, 0) is 32.0 Å². The number of carbonyl (C=O) groups excluding carboxylic acids is 1. The number of carbonyl (C=O) groups is 1. The standard InChI is InChI=1S/C14H21N3O2/c1-10(2)16-14(18)13-9-19-7-6-17(13)12-5-3-4-11(15)8-12/h3-5,8,10,13H,6-7,9,15H2,1-2H3,(H,16,18). The maximum Gasteiger partial charge on any atom is 0.245 e. The van der Waals surface area contributed by atoms with Gasteiger partial charge >= 0.3 is 0 Å². The lowest BCUT2D eigenvalue weighted by Gasteiger charge is -2.36. The van der Waals surface area contributed by atoms with Crippen LogP contribution in [-0.4, -0.2) is 37.7 Å². The molecule has 1 amide bonds. The number of amides is 1. The van der Waals surface area contributed by atoms with Gasteiger partial charge in [0.05, 0.1) is 13.2 Å². The predicted molar refractivity (Wildman–Crippen MR) is 76.1 cm³/mol. The van der Waals surface area contributed by atoms with Crippen LogP contribution in [0.5, 0.6) is 0 Å². The third-order valence-electron chi connectivity index (χ3n) is 3.06. The van der Waals surface area contributed by atoms with Crippen LogP contribution in [0.25, 0.3) is 0 Å². The monoisotopic (exact) mass is 263 g/mol. The van der Waals surface area contributed by atoms with Crippen molar-refractivity contribution >= 4 is 17.3 Å². The molecule has 3 N–H and O–H groups in total. The van der Waals surface area contributed by atoms with Crippen molar-refractivity contribution in [1.29, 1.82) is 0 Å². The molecule has 1 fully saturated rings. The number of morpholine rings is 1. The first-order valence-electron chi connectivity index (χ1n) is 6.58. The summed E-state index contributed by atoms with van der Waals surface area (Å²) in [7, 11) is 0. The number of benzene rings is 1. The molecule has 1 aliphatic heterocycles. The lowest BCUT2D eigenvalue weighted by Crippen LogP contribution is -2.55. The Morgan fingerprint density at radius 3 is 3.00 bits per heavy atom. The third kappa shape index (κ3) is 3.38. The van der Waals surface area contributed by atoms with E-state index in [0.29, 0.717) is 25.4 Å². The van der Waals surface area contributed by atoms with Gasteiger partial charge in [0.25, 0.3) is 0 Å². The Labute approximate surface area is 113 Å². The summed E-state index contributed by atoms with van der Waals surface area (Å²) in [6, 6.07) is 7.43. The van der Waals surface area contributed by atoms with Crippen molar-refractivity contribution in [3.8, 4) is 0 Å². The predicted octanol–water partition coefficient (Wildman–Crippen LogP) is 0.999.